The predicted molar refractivity (Wildman–Crippen MR) is 80.1 cm³/mol. The van der Waals surface area contributed by atoms with Gasteiger partial charge in [-0.2, -0.15) is 11.8 Å². The molecule has 0 atom stereocenters. The van der Waals surface area contributed by atoms with Gasteiger partial charge in [-0.05, 0) is 36.8 Å². The lowest BCUT2D eigenvalue weighted by Gasteiger charge is -2.21. The van der Waals surface area contributed by atoms with Crippen LogP contribution in [0, 0.1) is 0 Å². The van der Waals surface area contributed by atoms with Crippen molar-refractivity contribution in [1.82, 2.24) is 4.90 Å². The molecular formula is C15H23NOS. The molecule has 1 aromatic carbocycles. The molecule has 0 unspecified atom stereocenters. The number of rotatable bonds is 7. The van der Waals surface area contributed by atoms with Crippen LogP contribution in [0.15, 0.2) is 24.3 Å². The van der Waals surface area contributed by atoms with E-state index < -0.39 is 0 Å². The summed E-state index contributed by atoms with van der Waals surface area (Å²) in [4.78, 5) is 14.3. The van der Waals surface area contributed by atoms with Crippen LogP contribution in [0.25, 0.3) is 0 Å². The first-order valence-corrected chi connectivity index (χ1v) is 7.99. The van der Waals surface area contributed by atoms with Gasteiger partial charge < -0.3 is 4.90 Å². The third kappa shape index (κ3) is 4.37. The van der Waals surface area contributed by atoms with Gasteiger partial charge in [0.2, 0.25) is 0 Å². The molecule has 0 aliphatic heterocycles. The lowest BCUT2D eigenvalue weighted by molar-refractivity contribution is 0.0755. The fraction of sp³-hybridized carbons (Fsp3) is 0.533. The third-order valence-electron chi connectivity index (χ3n) is 2.79. The van der Waals surface area contributed by atoms with Crippen LogP contribution in [-0.4, -0.2) is 30.2 Å². The Morgan fingerprint density at radius 2 is 1.67 bits per heavy atom. The summed E-state index contributed by atoms with van der Waals surface area (Å²) in [5.74, 6) is 1.16. The smallest absolute Gasteiger partial charge is 0.253 e. The monoisotopic (exact) mass is 265 g/mol. The number of amides is 1. The quantitative estimate of drug-likeness (QED) is 0.747. The van der Waals surface area contributed by atoms with Gasteiger partial charge in [0.05, 0.1) is 0 Å². The minimum absolute atomic E-state index is 0.161. The zero-order valence-electron chi connectivity index (χ0n) is 11.6. The summed E-state index contributed by atoms with van der Waals surface area (Å²) >= 11 is 1.80. The van der Waals surface area contributed by atoms with Crippen molar-refractivity contribution in [2.24, 2.45) is 0 Å². The largest absolute Gasteiger partial charge is 0.339 e. The van der Waals surface area contributed by atoms with Gasteiger partial charge in [0.15, 0.2) is 0 Å². The van der Waals surface area contributed by atoms with Crippen LogP contribution in [-0.2, 0) is 5.75 Å². The van der Waals surface area contributed by atoms with Crippen molar-refractivity contribution in [1.29, 1.82) is 0 Å². The normalized spacial score (nSPS) is 10.4. The van der Waals surface area contributed by atoms with E-state index in [2.05, 4.69) is 32.2 Å². The maximum atomic E-state index is 12.3. The molecule has 1 rings (SSSR count). The van der Waals surface area contributed by atoms with E-state index in [1.54, 1.807) is 11.8 Å². The van der Waals surface area contributed by atoms with Crippen molar-refractivity contribution in [3.05, 3.63) is 35.4 Å². The molecule has 0 fully saturated rings. The van der Waals surface area contributed by atoms with E-state index >= 15 is 0 Å². The van der Waals surface area contributed by atoms with Gasteiger partial charge in [0.25, 0.3) is 5.91 Å². The second-order valence-electron chi connectivity index (χ2n) is 4.42. The van der Waals surface area contributed by atoms with Crippen LogP contribution in [0.1, 0.15) is 42.6 Å². The average molecular weight is 265 g/mol. The highest BCUT2D eigenvalue weighted by molar-refractivity contribution is 7.97. The van der Waals surface area contributed by atoms with E-state index in [4.69, 9.17) is 0 Å². The molecule has 18 heavy (non-hydrogen) atoms. The van der Waals surface area contributed by atoms with Crippen LogP contribution in [0.4, 0.5) is 0 Å². The van der Waals surface area contributed by atoms with E-state index in [-0.39, 0.29) is 5.91 Å². The standard InChI is InChI=1S/C15H23NOS/c1-4-10-16(11-5-2)15(17)14-8-6-13(7-9-14)12-18-3/h6-9H,4-5,10-12H2,1-3H3. The Balaban J connectivity index is 2.74. The second-order valence-corrected chi connectivity index (χ2v) is 5.29. The molecule has 0 aliphatic carbocycles. The molecule has 0 aromatic heterocycles. The minimum atomic E-state index is 0.161. The molecule has 1 aromatic rings. The van der Waals surface area contributed by atoms with Crippen molar-refractivity contribution >= 4 is 17.7 Å². The fourth-order valence-electron chi connectivity index (χ4n) is 1.95. The molecule has 100 valence electrons. The van der Waals surface area contributed by atoms with Crippen molar-refractivity contribution in [3.8, 4) is 0 Å². The zero-order valence-corrected chi connectivity index (χ0v) is 12.4. The highest BCUT2D eigenvalue weighted by atomic mass is 32.2. The molecule has 0 N–H and O–H groups in total. The lowest BCUT2D eigenvalue weighted by atomic mass is 10.1. The SMILES string of the molecule is CCCN(CCC)C(=O)c1ccc(CSC)cc1. The van der Waals surface area contributed by atoms with Gasteiger partial charge in [0.1, 0.15) is 0 Å². The van der Waals surface area contributed by atoms with Crippen LogP contribution < -0.4 is 0 Å². The Morgan fingerprint density at radius 1 is 1.11 bits per heavy atom. The van der Waals surface area contributed by atoms with Crippen LogP contribution in [0.5, 0.6) is 0 Å². The third-order valence-corrected chi connectivity index (χ3v) is 3.41. The Labute approximate surface area is 115 Å². The van der Waals surface area contributed by atoms with Crippen molar-refractivity contribution in [3.63, 3.8) is 0 Å². The summed E-state index contributed by atoms with van der Waals surface area (Å²) in [6, 6.07) is 8.01. The molecule has 0 saturated heterocycles. The Kier molecular flexibility index (Phi) is 6.88. The molecule has 0 saturated carbocycles. The number of hydrogen-bond donors (Lipinski definition) is 0. The van der Waals surface area contributed by atoms with Gasteiger partial charge in [-0.15, -0.1) is 0 Å². The van der Waals surface area contributed by atoms with E-state index in [0.29, 0.717) is 0 Å². The van der Waals surface area contributed by atoms with Crippen LogP contribution >= 0.6 is 11.8 Å². The Bertz CT molecular complexity index is 355. The van der Waals surface area contributed by atoms with Crippen molar-refractivity contribution < 1.29 is 4.79 Å². The molecule has 0 heterocycles. The summed E-state index contributed by atoms with van der Waals surface area (Å²) < 4.78 is 0. The topological polar surface area (TPSA) is 20.3 Å². The summed E-state index contributed by atoms with van der Waals surface area (Å²) in [5.41, 5.74) is 2.08. The zero-order chi connectivity index (χ0) is 13.4. The number of nitrogens with zero attached hydrogens (tertiary/aromatic N) is 1. The first kappa shape index (κ1) is 15.1. The highest BCUT2D eigenvalue weighted by Gasteiger charge is 2.13. The van der Waals surface area contributed by atoms with E-state index in [0.717, 1.165) is 37.2 Å². The van der Waals surface area contributed by atoms with Gasteiger partial charge in [-0.1, -0.05) is 26.0 Å². The van der Waals surface area contributed by atoms with Gasteiger partial charge >= 0.3 is 0 Å². The number of carbonyl (C=O) groups is 1. The number of thioether (sulfide) groups is 1. The van der Waals surface area contributed by atoms with Gasteiger partial charge in [-0.25, -0.2) is 0 Å². The summed E-state index contributed by atoms with van der Waals surface area (Å²) in [6.07, 6.45) is 4.11. The molecule has 1 amide bonds. The second kappa shape index (κ2) is 8.20. The van der Waals surface area contributed by atoms with E-state index in [1.807, 2.05) is 17.0 Å². The van der Waals surface area contributed by atoms with E-state index in [9.17, 15) is 4.79 Å². The van der Waals surface area contributed by atoms with Gasteiger partial charge in [0, 0.05) is 24.4 Å². The average Bonchev–Trinajstić information content (AvgIpc) is 2.39. The molecule has 0 spiro atoms. The number of hydrogen-bond acceptors (Lipinski definition) is 2. The lowest BCUT2D eigenvalue weighted by Crippen LogP contribution is -2.32. The predicted octanol–water partition coefficient (Wildman–Crippen LogP) is 3.81. The summed E-state index contributed by atoms with van der Waals surface area (Å²) in [7, 11) is 0. The molecule has 0 aliphatic rings. The van der Waals surface area contributed by atoms with Crippen LogP contribution in [0.3, 0.4) is 0 Å². The fourth-order valence-corrected chi connectivity index (χ4v) is 2.47. The van der Waals surface area contributed by atoms with Gasteiger partial charge in [-0.3, -0.25) is 4.79 Å². The Hall–Kier alpha value is -0.960. The first-order valence-electron chi connectivity index (χ1n) is 6.60. The molecule has 3 heteroatoms. The highest BCUT2D eigenvalue weighted by Crippen LogP contribution is 2.12. The summed E-state index contributed by atoms with van der Waals surface area (Å²) in [5, 5.41) is 0. The first-order chi connectivity index (χ1) is 8.72. The molecular weight excluding hydrogens is 242 g/mol. The number of carbonyl (C=O) groups excluding carboxylic acids is 1. The van der Waals surface area contributed by atoms with Crippen molar-refractivity contribution in [2.75, 3.05) is 19.3 Å². The maximum absolute atomic E-state index is 12.3. The Morgan fingerprint density at radius 3 is 2.11 bits per heavy atom. The van der Waals surface area contributed by atoms with Crippen LogP contribution in [0.2, 0.25) is 0 Å². The number of benzene rings is 1. The molecule has 2 nitrogen and oxygen atoms in total. The minimum Gasteiger partial charge on any atom is -0.339 e. The summed E-state index contributed by atoms with van der Waals surface area (Å²) in [6.45, 7) is 5.91. The van der Waals surface area contributed by atoms with Crippen molar-refractivity contribution in [2.45, 2.75) is 32.4 Å². The molecule has 0 bridgehead atoms. The maximum Gasteiger partial charge on any atom is 0.253 e. The van der Waals surface area contributed by atoms with E-state index in [1.165, 1.54) is 5.56 Å². The molecule has 0 radical (unpaired) electrons.